The molecule has 2 aliphatic rings. The van der Waals surface area contributed by atoms with Crippen LogP contribution in [0.3, 0.4) is 0 Å². The first-order valence-electron chi connectivity index (χ1n) is 7.09. The van der Waals surface area contributed by atoms with E-state index in [2.05, 4.69) is 0 Å². The summed E-state index contributed by atoms with van der Waals surface area (Å²) in [5, 5.41) is 39.2. The first kappa shape index (κ1) is 17.0. The average molecular weight is 307 g/mol. The molecule has 0 aromatic heterocycles. The van der Waals surface area contributed by atoms with Crippen molar-refractivity contribution in [2.75, 3.05) is 6.54 Å². The molecule has 9 nitrogen and oxygen atoms in total. The van der Waals surface area contributed by atoms with E-state index in [4.69, 9.17) is 26.7 Å². The molecule has 124 valence electrons. The fourth-order valence-electron chi connectivity index (χ4n) is 2.76. The van der Waals surface area contributed by atoms with Crippen LogP contribution in [0.5, 0.6) is 0 Å². The quantitative estimate of drug-likeness (QED) is 0.273. The van der Waals surface area contributed by atoms with E-state index in [9.17, 15) is 20.4 Å². The maximum Gasteiger partial charge on any atom is 0.186 e. The van der Waals surface area contributed by atoms with Crippen LogP contribution >= 0.6 is 0 Å². The van der Waals surface area contributed by atoms with Gasteiger partial charge < -0.3 is 47.1 Å². The van der Waals surface area contributed by atoms with Gasteiger partial charge in [0.15, 0.2) is 6.29 Å². The van der Waals surface area contributed by atoms with Gasteiger partial charge in [0, 0.05) is 25.0 Å². The zero-order valence-electron chi connectivity index (χ0n) is 11.7. The SMILES string of the molecule is NC[C@@H]1O[C@H](O[C@H]2C[C@H](O)[C@@H](N)C[C@@H]2N)[C@@H](O)[C@H](O)[C@H]1O. The van der Waals surface area contributed by atoms with Crippen LogP contribution in [0.1, 0.15) is 12.8 Å². The van der Waals surface area contributed by atoms with Crippen LogP contribution in [0.4, 0.5) is 0 Å². The average Bonchev–Trinajstić information content (AvgIpc) is 2.45. The smallest absolute Gasteiger partial charge is 0.186 e. The number of ether oxygens (including phenoxy) is 2. The normalized spacial score (nSPS) is 51.9. The predicted molar refractivity (Wildman–Crippen MR) is 71.8 cm³/mol. The van der Waals surface area contributed by atoms with Gasteiger partial charge in [-0.05, 0) is 6.42 Å². The molecule has 2 rings (SSSR count). The van der Waals surface area contributed by atoms with Crippen molar-refractivity contribution in [1.82, 2.24) is 0 Å². The highest BCUT2D eigenvalue weighted by atomic mass is 16.7. The van der Waals surface area contributed by atoms with Crippen molar-refractivity contribution < 1.29 is 29.9 Å². The zero-order valence-corrected chi connectivity index (χ0v) is 11.7. The molecular weight excluding hydrogens is 282 g/mol. The highest BCUT2D eigenvalue weighted by Gasteiger charge is 2.46. The summed E-state index contributed by atoms with van der Waals surface area (Å²) in [7, 11) is 0. The van der Waals surface area contributed by atoms with Crippen LogP contribution in [-0.4, -0.2) is 82.0 Å². The number of hydrogen-bond donors (Lipinski definition) is 7. The molecule has 0 aromatic carbocycles. The summed E-state index contributed by atoms with van der Waals surface area (Å²) in [5.74, 6) is 0. The standard InChI is InChI=1S/C12H25N3O6/c13-3-8-9(17)10(18)11(19)12(21-8)20-7-2-6(16)4(14)1-5(7)15/h4-12,16-19H,1-3,13-15H2/t4-,5-,6-,7-,8-,9-,10+,11-,12-/m0/s1. The van der Waals surface area contributed by atoms with Crippen LogP contribution in [0, 0.1) is 0 Å². The third-order valence-corrected chi connectivity index (χ3v) is 4.20. The summed E-state index contributed by atoms with van der Waals surface area (Å²) < 4.78 is 11.0. The van der Waals surface area contributed by atoms with Gasteiger partial charge in [-0.1, -0.05) is 0 Å². The Morgan fingerprint density at radius 1 is 0.952 bits per heavy atom. The van der Waals surface area contributed by atoms with Gasteiger partial charge in [0.25, 0.3) is 0 Å². The molecule has 0 amide bonds. The van der Waals surface area contributed by atoms with Crippen molar-refractivity contribution in [1.29, 1.82) is 0 Å². The molecule has 1 saturated carbocycles. The van der Waals surface area contributed by atoms with Gasteiger partial charge in [0.2, 0.25) is 0 Å². The molecule has 10 N–H and O–H groups in total. The molecule has 0 bridgehead atoms. The molecule has 1 aliphatic carbocycles. The monoisotopic (exact) mass is 307 g/mol. The second-order valence-electron chi connectivity index (χ2n) is 5.79. The number of hydrogen-bond acceptors (Lipinski definition) is 9. The second kappa shape index (κ2) is 6.82. The summed E-state index contributed by atoms with van der Waals surface area (Å²) in [4.78, 5) is 0. The highest BCUT2D eigenvalue weighted by Crippen LogP contribution is 2.27. The summed E-state index contributed by atoms with van der Waals surface area (Å²) in [6, 6.07) is -0.833. The van der Waals surface area contributed by atoms with E-state index >= 15 is 0 Å². The molecule has 9 atom stereocenters. The van der Waals surface area contributed by atoms with Crippen LogP contribution in [0.15, 0.2) is 0 Å². The maximum absolute atomic E-state index is 9.93. The van der Waals surface area contributed by atoms with Crippen molar-refractivity contribution in [3.05, 3.63) is 0 Å². The molecule has 0 radical (unpaired) electrons. The predicted octanol–water partition coefficient (Wildman–Crippen LogP) is -4.05. The number of aliphatic hydroxyl groups excluding tert-OH is 4. The molecule has 1 aliphatic heterocycles. The van der Waals surface area contributed by atoms with E-state index in [1.807, 2.05) is 0 Å². The van der Waals surface area contributed by atoms with Crippen molar-refractivity contribution in [3.63, 3.8) is 0 Å². The summed E-state index contributed by atoms with van der Waals surface area (Å²) >= 11 is 0. The van der Waals surface area contributed by atoms with E-state index in [1.165, 1.54) is 0 Å². The fourth-order valence-corrected chi connectivity index (χ4v) is 2.76. The van der Waals surface area contributed by atoms with Crippen LogP contribution < -0.4 is 17.2 Å². The van der Waals surface area contributed by atoms with E-state index in [1.54, 1.807) is 0 Å². The zero-order chi connectivity index (χ0) is 15.7. The summed E-state index contributed by atoms with van der Waals surface area (Å²) in [6.07, 6.45) is -6.90. The van der Waals surface area contributed by atoms with E-state index in [0.717, 1.165) is 0 Å². The molecule has 0 spiro atoms. The van der Waals surface area contributed by atoms with Gasteiger partial charge >= 0.3 is 0 Å². The summed E-state index contributed by atoms with van der Waals surface area (Å²) in [6.45, 7) is -0.0327. The first-order chi connectivity index (χ1) is 9.85. The van der Waals surface area contributed by atoms with Crippen LogP contribution in [0.2, 0.25) is 0 Å². The Labute approximate surface area is 122 Å². The Morgan fingerprint density at radius 2 is 1.62 bits per heavy atom. The number of rotatable bonds is 3. The Kier molecular flexibility index (Phi) is 5.52. The van der Waals surface area contributed by atoms with Gasteiger partial charge in [0.1, 0.15) is 24.4 Å². The lowest BCUT2D eigenvalue weighted by atomic mass is 9.87. The molecule has 0 unspecified atom stereocenters. The third kappa shape index (κ3) is 3.52. The van der Waals surface area contributed by atoms with Gasteiger partial charge in [0.05, 0.1) is 12.2 Å². The number of nitrogens with two attached hydrogens (primary N) is 3. The summed E-state index contributed by atoms with van der Waals surface area (Å²) in [5.41, 5.74) is 17.1. The van der Waals surface area contributed by atoms with Gasteiger partial charge in [-0.15, -0.1) is 0 Å². The van der Waals surface area contributed by atoms with Gasteiger partial charge in [-0.3, -0.25) is 0 Å². The highest BCUT2D eigenvalue weighted by molar-refractivity contribution is 4.94. The Bertz CT molecular complexity index is 347. The van der Waals surface area contributed by atoms with Crippen molar-refractivity contribution in [2.24, 2.45) is 17.2 Å². The van der Waals surface area contributed by atoms with Crippen molar-refractivity contribution in [2.45, 2.75) is 67.8 Å². The Morgan fingerprint density at radius 3 is 2.24 bits per heavy atom. The molecule has 2 fully saturated rings. The molecule has 9 heteroatoms. The molecular formula is C12H25N3O6. The van der Waals surface area contributed by atoms with E-state index in [-0.39, 0.29) is 13.0 Å². The fraction of sp³-hybridized carbons (Fsp3) is 1.00. The minimum Gasteiger partial charge on any atom is -0.391 e. The van der Waals surface area contributed by atoms with Crippen LogP contribution in [0.25, 0.3) is 0 Å². The maximum atomic E-state index is 9.93. The number of aliphatic hydroxyl groups is 4. The lowest BCUT2D eigenvalue weighted by molar-refractivity contribution is -0.309. The lowest BCUT2D eigenvalue weighted by Crippen LogP contribution is -2.62. The molecule has 1 saturated heterocycles. The topological polar surface area (TPSA) is 177 Å². The molecule has 1 heterocycles. The first-order valence-corrected chi connectivity index (χ1v) is 7.09. The van der Waals surface area contributed by atoms with Crippen molar-refractivity contribution >= 4 is 0 Å². The minimum absolute atomic E-state index is 0.0327. The Hall–Kier alpha value is -0.360. The molecule has 0 aromatic rings. The molecule has 21 heavy (non-hydrogen) atoms. The third-order valence-electron chi connectivity index (χ3n) is 4.20. The van der Waals surface area contributed by atoms with Gasteiger partial charge in [-0.2, -0.15) is 0 Å². The Balaban J connectivity index is 2.01. The minimum atomic E-state index is -1.43. The van der Waals surface area contributed by atoms with Gasteiger partial charge in [-0.25, -0.2) is 0 Å². The second-order valence-corrected chi connectivity index (χ2v) is 5.79. The van der Waals surface area contributed by atoms with E-state index < -0.39 is 55.0 Å². The lowest BCUT2D eigenvalue weighted by Gasteiger charge is -2.43. The van der Waals surface area contributed by atoms with E-state index in [0.29, 0.717) is 6.42 Å². The van der Waals surface area contributed by atoms with Crippen LogP contribution in [-0.2, 0) is 9.47 Å². The van der Waals surface area contributed by atoms with Crippen molar-refractivity contribution in [3.8, 4) is 0 Å². The largest absolute Gasteiger partial charge is 0.391 e.